The van der Waals surface area contributed by atoms with E-state index in [1.807, 2.05) is 50.2 Å². The number of carbonyl (C=O) groups is 2. The summed E-state index contributed by atoms with van der Waals surface area (Å²) < 4.78 is 10.6. The van der Waals surface area contributed by atoms with Crippen molar-refractivity contribution in [1.29, 1.82) is 0 Å². The number of nitrogens with one attached hydrogen (secondary N) is 1. The zero-order chi connectivity index (χ0) is 19.1. The van der Waals surface area contributed by atoms with E-state index in [9.17, 15) is 9.59 Å². The highest BCUT2D eigenvalue weighted by Crippen LogP contribution is 2.16. The minimum absolute atomic E-state index is 0.245. The van der Waals surface area contributed by atoms with E-state index in [1.165, 1.54) is 12.5 Å². The van der Waals surface area contributed by atoms with E-state index >= 15 is 0 Å². The van der Waals surface area contributed by atoms with Gasteiger partial charge in [0.2, 0.25) is 0 Å². The van der Waals surface area contributed by atoms with Crippen LogP contribution in [0.5, 0.6) is 5.75 Å². The van der Waals surface area contributed by atoms with Crippen LogP contribution in [-0.4, -0.2) is 24.6 Å². The molecule has 2 rings (SSSR count). The lowest BCUT2D eigenvalue weighted by atomic mass is 10.1. The Morgan fingerprint density at radius 2 is 1.73 bits per heavy atom. The molecule has 0 fully saturated rings. The number of aryl methyl sites for hydroxylation is 3. The normalized spacial score (nSPS) is 11.5. The summed E-state index contributed by atoms with van der Waals surface area (Å²) in [6.07, 6.45) is 0.0275. The molecular formula is C21H25NO4. The number of rotatable bonds is 7. The molecule has 2 aromatic carbocycles. The number of ether oxygens (including phenoxy) is 2. The summed E-state index contributed by atoms with van der Waals surface area (Å²) >= 11 is 0. The maximum Gasteiger partial charge on any atom is 0.344 e. The molecule has 0 aliphatic heterocycles. The Labute approximate surface area is 154 Å². The van der Waals surface area contributed by atoms with Crippen molar-refractivity contribution in [2.45, 2.75) is 40.2 Å². The summed E-state index contributed by atoms with van der Waals surface area (Å²) in [5, 5.41) is 2.73. The fourth-order valence-corrected chi connectivity index (χ4v) is 2.30. The molecular weight excluding hydrogens is 330 g/mol. The Balaban J connectivity index is 1.81. The predicted molar refractivity (Wildman–Crippen MR) is 101 cm³/mol. The maximum atomic E-state index is 12.1. The van der Waals surface area contributed by atoms with Crippen molar-refractivity contribution < 1.29 is 19.1 Å². The molecule has 5 nitrogen and oxygen atoms in total. The number of benzene rings is 2. The molecule has 5 heteroatoms. The van der Waals surface area contributed by atoms with Gasteiger partial charge < -0.3 is 14.8 Å². The SMILES string of the molecule is CCc1ccc(NC(=O)[C@H](C)OC(=O)COc2ccc(C)c(C)c2)cc1. The van der Waals surface area contributed by atoms with Crippen LogP contribution in [0.15, 0.2) is 42.5 Å². The van der Waals surface area contributed by atoms with Gasteiger partial charge in [0.25, 0.3) is 5.91 Å². The van der Waals surface area contributed by atoms with Crippen LogP contribution in [0.4, 0.5) is 5.69 Å². The van der Waals surface area contributed by atoms with Gasteiger partial charge in [-0.2, -0.15) is 0 Å². The lowest BCUT2D eigenvalue weighted by Crippen LogP contribution is -2.31. The number of esters is 1. The molecule has 2 aromatic rings. The van der Waals surface area contributed by atoms with Crippen LogP contribution < -0.4 is 10.1 Å². The lowest BCUT2D eigenvalue weighted by Gasteiger charge is -2.14. The van der Waals surface area contributed by atoms with Gasteiger partial charge >= 0.3 is 5.97 Å². The Morgan fingerprint density at radius 3 is 2.35 bits per heavy atom. The Morgan fingerprint density at radius 1 is 1.04 bits per heavy atom. The molecule has 0 unspecified atom stereocenters. The van der Waals surface area contributed by atoms with Crippen LogP contribution in [0.1, 0.15) is 30.5 Å². The molecule has 1 atom stereocenters. The topological polar surface area (TPSA) is 64.6 Å². The molecule has 1 amide bonds. The average molecular weight is 355 g/mol. The van der Waals surface area contributed by atoms with E-state index in [0.717, 1.165) is 17.5 Å². The summed E-state index contributed by atoms with van der Waals surface area (Å²) in [6.45, 7) is 7.33. The third-order valence-electron chi connectivity index (χ3n) is 4.14. The first kappa shape index (κ1) is 19.5. The zero-order valence-corrected chi connectivity index (χ0v) is 15.7. The van der Waals surface area contributed by atoms with Crippen LogP contribution in [-0.2, 0) is 20.7 Å². The van der Waals surface area contributed by atoms with Crippen molar-refractivity contribution in [2.75, 3.05) is 11.9 Å². The van der Waals surface area contributed by atoms with E-state index in [-0.39, 0.29) is 12.5 Å². The largest absolute Gasteiger partial charge is 0.482 e. The maximum absolute atomic E-state index is 12.1. The van der Waals surface area contributed by atoms with Gasteiger partial charge in [0.05, 0.1) is 0 Å². The highest BCUT2D eigenvalue weighted by molar-refractivity contribution is 5.95. The molecule has 0 aliphatic carbocycles. The predicted octanol–water partition coefficient (Wildman–Crippen LogP) is 3.82. The van der Waals surface area contributed by atoms with Crippen molar-refractivity contribution >= 4 is 17.6 Å². The van der Waals surface area contributed by atoms with Gasteiger partial charge in [0, 0.05) is 5.69 Å². The second-order valence-electron chi connectivity index (χ2n) is 6.21. The highest BCUT2D eigenvalue weighted by Gasteiger charge is 2.18. The fraction of sp³-hybridized carbons (Fsp3) is 0.333. The number of hydrogen-bond donors (Lipinski definition) is 1. The molecule has 1 N–H and O–H groups in total. The molecule has 138 valence electrons. The summed E-state index contributed by atoms with van der Waals surface area (Å²) in [6, 6.07) is 13.1. The smallest absolute Gasteiger partial charge is 0.344 e. The van der Waals surface area contributed by atoms with Crippen LogP contribution in [0.3, 0.4) is 0 Å². The highest BCUT2D eigenvalue weighted by atomic mass is 16.6. The zero-order valence-electron chi connectivity index (χ0n) is 15.7. The summed E-state index contributed by atoms with van der Waals surface area (Å²) in [5.74, 6) is -0.376. The number of anilines is 1. The standard InChI is InChI=1S/C21H25NO4/c1-5-17-7-9-18(10-8-17)22-21(24)16(4)26-20(23)13-25-19-11-6-14(2)15(3)12-19/h6-12,16H,5,13H2,1-4H3,(H,22,24)/t16-/m0/s1. The molecule has 0 heterocycles. The first-order chi connectivity index (χ1) is 12.4. The van der Waals surface area contributed by atoms with Crippen LogP contribution in [0, 0.1) is 13.8 Å². The van der Waals surface area contributed by atoms with E-state index in [0.29, 0.717) is 11.4 Å². The Hall–Kier alpha value is -2.82. The third-order valence-corrected chi connectivity index (χ3v) is 4.14. The summed E-state index contributed by atoms with van der Waals surface area (Å²) in [5.41, 5.74) is 4.09. The number of amides is 1. The van der Waals surface area contributed by atoms with Crippen molar-refractivity contribution in [1.82, 2.24) is 0 Å². The van der Waals surface area contributed by atoms with Gasteiger partial charge in [0.15, 0.2) is 12.7 Å². The van der Waals surface area contributed by atoms with Crippen molar-refractivity contribution in [3.63, 3.8) is 0 Å². The molecule has 0 aromatic heterocycles. The van der Waals surface area contributed by atoms with Crippen LogP contribution in [0.25, 0.3) is 0 Å². The number of hydrogen-bond acceptors (Lipinski definition) is 4. The quantitative estimate of drug-likeness (QED) is 0.767. The van der Waals surface area contributed by atoms with Crippen molar-refractivity contribution in [3.05, 3.63) is 59.2 Å². The van der Waals surface area contributed by atoms with Crippen molar-refractivity contribution in [3.8, 4) is 5.75 Å². The van der Waals surface area contributed by atoms with E-state index in [2.05, 4.69) is 12.2 Å². The third kappa shape index (κ3) is 5.62. The monoisotopic (exact) mass is 355 g/mol. The molecule has 0 radical (unpaired) electrons. The van der Waals surface area contributed by atoms with Gasteiger partial charge in [-0.05, 0) is 68.1 Å². The van der Waals surface area contributed by atoms with Gasteiger partial charge in [-0.1, -0.05) is 25.1 Å². The first-order valence-electron chi connectivity index (χ1n) is 8.68. The van der Waals surface area contributed by atoms with Gasteiger partial charge in [-0.15, -0.1) is 0 Å². The van der Waals surface area contributed by atoms with E-state index < -0.39 is 12.1 Å². The average Bonchev–Trinajstić information content (AvgIpc) is 2.63. The van der Waals surface area contributed by atoms with Gasteiger partial charge in [0.1, 0.15) is 5.75 Å². The van der Waals surface area contributed by atoms with Crippen molar-refractivity contribution in [2.24, 2.45) is 0 Å². The molecule has 26 heavy (non-hydrogen) atoms. The molecule has 0 saturated carbocycles. The molecule has 0 saturated heterocycles. The van der Waals surface area contributed by atoms with Gasteiger partial charge in [-0.3, -0.25) is 4.79 Å². The molecule has 0 aliphatic rings. The van der Waals surface area contributed by atoms with Gasteiger partial charge in [-0.25, -0.2) is 4.79 Å². The summed E-state index contributed by atoms with van der Waals surface area (Å²) in [7, 11) is 0. The van der Waals surface area contributed by atoms with Crippen LogP contribution >= 0.6 is 0 Å². The molecule has 0 spiro atoms. The minimum atomic E-state index is -0.906. The van der Waals surface area contributed by atoms with E-state index in [1.54, 1.807) is 6.07 Å². The first-order valence-corrected chi connectivity index (χ1v) is 8.68. The second kappa shape index (κ2) is 9.04. The summed E-state index contributed by atoms with van der Waals surface area (Å²) in [4.78, 5) is 24.0. The molecule has 0 bridgehead atoms. The van der Waals surface area contributed by atoms with E-state index in [4.69, 9.17) is 9.47 Å². The Bertz CT molecular complexity index is 768. The second-order valence-corrected chi connectivity index (χ2v) is 6.21. The Kier molecular flexibility index (Phi) is 6.78. The lowest BCUT2D eigenvalue weighted by molar-refractivity contribution is -0.155. The minimum Gasteiger partial charge on any atom is -0.482 e. The van der Waals surface area contributed by atoms with Crippen LogP contribution in [0.2, 0.25) is 0 Å². The fourth-order valence-electron chi connectivity index (χ4n) is 2.30. The number of carbonyl (C=O) groups excluding carboxylic acids is 2.